The van der Waals surface area contributed by atoms with Gasteiger partial charge in [-0.2, -0.15) is 0 Å². The summed E-state index contributed by atoms with van der Waals surface area (Å²) in [5, 5.41) is 10.9. The average molecular weight is 605 g/mol. The quantitative estimate of drug-likeness (QED) is 0.182. The summed E-state index contributed by atoms with van der Waals surface area (Å²) in [7, 11) is 1.36. The van der Waals surface area contributed by atoms with E-state index in [2.05, 4.69) is 19.9 Å². The summed E-state index contributed by atoms with van der Waals surface area (Å²) in [6, 6.07) is 22.1. The number of nitrogen functional groups attached to an aromatic ring is 2. The predicted octanol–water partition coefficient (Wildman–Crippen LogP) is 6.36. The van der Waals surface area contributed by atoms with Crippen LogP contribution in [0.5, 0.6) is 0 Å². The molecule has 6 aromatic rings. The van der Waals surface area contributed by atoms with Gasteiger partial charge in [0, 0.05) is 47.4 Å². The van der Waals surface area contributed by atoms with Crippen LogP contribution in [0, 0.1) is 0 Å². The Kier molecular flexibility index (Phi) is 11.2. The van der Waals surface area contributed by atoms with E-state index in [0.29, 0.717) is 35.5 Å². The van der Waals surface area contributed by atoms with Gasteiger partial charge in [-0.1, -0.05) is 27.0 Å². The molecule has 2 aromatic carbocycles. The van der Waals surface area contributed by atoms with Gasteiger partial charge in [0.15, 0.2) is 0 Å². The molecule has 45 heavy (non-hydrogen) atoms. The minimum absolute atomic E-state index is 0. The molecule has 230 valence electrons. The lowest BCUT2D eigenvalue weighted by Crippen LogP contribution is -2.03. The van der Waals surface area contributed by atoms with Crippen molar-refractivity contribution in [3.05, 3.63) is 131 Å². The number of hydrogen-bond donors (Lipinski definition) is 3. The summed E-state index contributed by atoms with van der Waals surface area (Å²) < 4.78 is 4.72. The summed E-state index contributed by atoms with van der Waals surface area (Å²) >= 11 is 0. The van der Waals surface area contributed by atoms with Crippen molar-refractivity contribution in [3.8, 4) is 0 Å². The molecule has 0 atom stereocenters. The molecule has 0 saturated carbocycles. The molecule has 0 bridgehead atoms. The van der Waals surface area contributed by atoms with Crippen LogP contribution >= 0.6 is 0 Å². The summed E-state index contributed by atoms with van der Waals surface area (Å²) in [6.07, 6.45) is 7.58. The van der Waals surface area contributed by atoms with Gasteiger partial charge in [0.2, 0.25) is 0 Å². The van der Waals surface area contributed by atoms with Crippen LogP contribution in [0.2, 0.25) is 0 Å². The number of carboxylic acid groups (broad SMARTS) is 1. The van der Waals surface area contributed by atoms with Gasteiger partial charge in [0.05, 0.1) is 53.0 Å². The van der Waals surface area contributed by atoms with E-state index in [1.807, 2.05) is 48.5 Å². The van der Waals surface area contributed by atoms with Gasteiger partial charge in [-0.05, 0) is 71.8 Å². The van der Waals surface area contributed by atoms with Gasteiger partial charge in [0.25, 0.3) is 0 Å². The van der Waals surface area contributed by atoms with Crippen molar-refractivity contribution in [2.45, 2.75) is 27.7 Å². The number of carbonyl (C=O) groups excluding carboxylic acids is 1. The highest BCUT2D eigenvalue weighted by Gasteiger charge is 2.08. The fourth-order valence-electron chi connectivity index (χ4n) is 4.56. The maximum Gasteiger partial charge on any atom is 0.337 e. The summed E-state index contributed by atoms with van der Waals surface area (Å²) in [5.41, 5.74) is 18.9. The number of hydrogen-bond acceptors (Lipinski definition) is 9. The van der Waals surface area contributed by atoms with E-state index in [0.717, 1.165) is 38.6 Å². The number of anilines is 2. The number of fused-ring (bicyclic) bond motifs is 2. The number of ether oxygens (including phenoxy) is 1. The Morgan fingerprint density at radius 3 is 1.60 bits per heavy atom. The molecule has 10 heteroatoms. The number of pyridine rings is 4. The van der Waals surface area contributed by atoms with Crippen molar-refractivity contribution >= 4 is 45.1 Å². The number of nitrogens with two attached hydrogens (primary N) is 2. The van der Waals surface area contributed by atoms with Crippen molar-refractivity contribution in [1.82, 2.24) is 19.9 Å². The van der Waals surface area contributed by atoms with Crippen molar-refractivity contribution in [3.63, 3.8) is 0 Å². The number of benzene rings is 2. The van der Waals surface area contributed by atoms with Crippen molar-refractivity contribution in [2.24, 2.45) is 0 Å². The van der Waals surface area contributed by atoms with Gasteiger partial charge < -0.3 is 21.3 Å². The highest BCUT2D eigenvalue weighted by Crippen LogP contribution is 2.20. The minimum Gasteiger partial charge on any atom is -0.478 e. The molecule has 6 rings (SSSR count). The predicted molar refractivity (Wildman–Crippen MR) is 178 cm³/mol. The lowest BCUT2D eigenvalue weighted by Gasteiger charge is -2.05. The van der Waals surface area contributed by atoms with E-state index < -0.39 is 5.97 Å². The first-order valence-electron chi connectivity index (χ1n) is 13.3. The van der Waals surface area contributed by atoms with Gasteiger partial charge in [-0.15, -0.1) is 0 Å². The van der Waals surface area contributed by atoms with E-state index in [4.69, 9.17) is 21.3 Å². The maximum atomic E-state index is 11.6. The second-order valence-corrected chi connectivity index (χ2v) is 9.81. The molecule has 4 aromatic heterocycles. The number of carboxylic acids is 1. The van der Waals surface area contributed by atoms with Gasteiger partial charge >= 0.3 is 11.9 Å². The van der Waals surface area contributed by atoms with Crippen LogP contribution in [-0.4, -0.2) is 44.1 Å². The van der Waals surface area contributed by atoms with Crippen LogP contribution in [0.3, 0.4) is 0 Å². The molecular weight excluding hydrogens is 568 g/mol. The zero-order valence-corrected chi connectivity index (χ0v) is 23.3. The lowest BCUT2D eigenvalue weighted by molar-refractivity contribution is 0.0599. The topological polar surface area (TPSA) is 167 Å². The number of nitrogens with zero attached hydrogens (tertiary/aromatic N) is 4. The Morgan fingerprint density at radius 2 is 1.13 bits per heavy atom. The van der Waals surface area contributed by atoms with Crippen LogP contribution < -0.4 is 11.5 Å². The molecule has 0 spiro atoms. The molecule has 0 aliphatic heterocycles. The van der Waals surface area contributed by atoms with Crippen LogP contribution in [0.25, 0.3) is 21.8 Å². The lowest BCUT2D eigenvalue weighted by atomic mass is 10.0. The Hall–Kier alpha value is -5.90. The first-order chi connectivity index (χ1) is 20.8. The summed E-state index contributed by atoms with van der Waals surface area (Å²) in [5.74, 6) is -1.31. The number of carbonyl (C=O) groups is 2. The number of aromatic carboxylic acids is 1. The van der Waals surface area contributed by atoms with E-state index >= 15 is 0 Å². The van der Waals surface area contributed by atoms with Crippen LogP contribution in [0.4, 0.5) is 11.4 Å². The normalized spacial score (nSPS) is 10.2. The molecule has 0 saturated heterocycles. The fraction of sp³-hybridized carbons (Fsp3) is 0.143. The highest BCUT2D eigenvalue weighted by molar-refractivity contribution is 5.89. The SMILES string of the molecule is C.C.COC(=O)c1ccnc(Cc2ccc3ncc(N)cc3c2)c1.Nc1cnc2ccc(Cc3cc(C(=O)O)ccn3)cc2c1. The first-order valence-corrected chi connectivity index (χ1v) is 13.3. The van der Waals surface area contributed by atoms with Crippen molar-refractivity contribution in [1.29, 1.82) is 0 Å². The van der Waals surface area contributed by atoms with E-state index in [1.165, 1.54) is 19.4 Å². The molecule has 0 amide bonds. The number of methoxy groups -OCH3 is 1. The molecule has 0 fully saturated rings. The third-order valence-corrected chi connectivity index (χ3v) is 6.61. The maximum absolute atomic E-state index is 11.6. The third kappa shape index (κ3) is 8.57. The van der Waals surface area contributed by atoms with Crippen molar-refractivity contribution < 1.29 is 19.4 Å². The number of esters is 1. The van der Waals surface area contributed by atoms with Crippen molar-refractivity contribution in [2.75, 3.05) is 18.6 Å². The van der Waals surface area contributed by atoms with E-state index in [-0.39, 0.29) is 26.4 Å². The molecule has 4 heterocycles. The van der Waals surface area contributed by atoms with Gasteiger partial charge in [-0.3, -0.25) is 19.9 Å². The molecule has 0 aliphatic rings. The van der Waals surface area contributed by atoms with E-state index in [1.54, 1.807) is 36.8 Å². The molecule has 10 nitrogen and oxygen atoms in total. The van der Waals surface area contributed by atoms with Crippen LogP contribution in [0.15, 0.2) is 97.6 Å². The first kappa shape index (κ1) is 33.6. The summed E-state index contributed by atoms with van der Waals surface area (Å²) in [4.78, 5) is 39.6. The second kappa shape index (κ2) is 15.0. The van der Waals surface area contributed by atoms with E-state index in [9.17, 15) is 9.59 Å². The smallest absolute Gasteiger partial charge is 0.337 e. The Labute approximate surface area is 261 Å². The minimum atomic E-state index is -0.950. The molecule has 0 radical (unpaired) electrons. The molecule has 0 unspecified atom stereocenters. The molecule has 0 aliphatic carbocycles. The Bertz CT molecular complexity index is 1960. The largest absolute Gasteiger partial charge is 0.478 e. The Morgan fingerprint density at radius 1 is 0.667 bits per heavy atom. The molecule has 5 N–H and O–H groups in total. The third-order valence-electron chi connectivity index (χ3n) is 6.61. The fourth-order valence-corrected chi connectivity index (χ4v) is 4.56. The Balaban J connectivity index is 0.000000235. The second-order valence-electron chi connectivity index (χ2n) is 9.81. The summed E-state index contributed by atoms with van der Waals surface area (Å²) in [6.45, 7) is 0. The van der Waals surface area contributed by atoms with Gasteiger partial charge in [0.1, 0.15) is 0 Å². The zero-order valence-electron chi connectivity index (χ0n) is 23.3. The average Bonchev–Trinajstić information content (AvgIpc) is 3.01. The highest BCUT2D eigenvalue weighted by atomic mass is 16.5. The zero-order chi connectivity index (χ0) is 30.3. The van der Waals surface area contributed by atoms with Gasteiger partial charge in [-0.25, -0.2) is 9.59 Å². The van der Waals surface area contributed by atoms with Crippen LogP contribution in [0.1, 0.15) is 58.1 Å². The molecular formula is C35H36N6O4. The standard InChI is InChI=1S/C17H15N3O2.C16H13N3O2.2CH4/c1-22-17(21)12-4-5-19-15(9-12)7-11-2-3-16-13(6-11)8-14(18)10-20-16;17-13-7-12-5-10(1-2-15(12)19-9-13)6-14-8-11(16(20)21)3-4-18-14;;/h2-6,8-10H,7,18H2,1H3;1-5,7-9H,6,17H2,(H,20,21);2*1H4. The van der Waals surface area contributed by atoms with Crippen LogP contribution in [-0.2, 0) is 17.6 Å². The number of aromatic nitrogens is 4. The monoisotopic (exact) mass is 604 g/mol. The number of rotatable bonds is 6.